The molecule has 4 nitrogen and oxygen atoms in total. The van der Waals surface area contributed by atoms with Gasteiger partial charge in [-0.15, -0.1) is 11.3 Å². The third-order valence-corrected chi connectivity index (χ3v) is 6.16. The highest BCUT2D eigenvalue weighted by Gasteiger charge is 2.26. The number of aryl methyl sites for hydroxylation is 1. The fourth-order valence-electron chi connectivity index (χ4n) is 3.59. The summed E-state index contributed by atoms with van der Waals surface area (Å²) in [6.07, 6.45) is 3.00. The molecule has 1 aliphatic carbocycles. The Kier molecular flexibility index (Phi) is 5.81. The van der Waals surface area contributed by atoms with Crippen LogP contribution < -0.4 is 15.4 Å². The van der Waals surface area contributed by atoms with E-state index in [0.29, 0.717) is 18.7 Å². The Bertz CT molecular complexity index is 1010. The molecule has 4 rings (SSSR count). The van der Waals surface area contributed by atoms with Gasteiger partial charge in [0, 0.05) is 17.1 Å². The molecule has 0 unspecified atom stereocenters. The topological polar surface area (TPSA) is 50.4 Å². The van der Waals surface area contributed by atoms with E-state index in [4.69, 9.17) is 4.74 Å². The number of hydrogen-bond acceptors (Lipinski definition) is 4. The van der Waals surface area contributed by atoms with E-state index >= 15 is 0 Å². The number of amides is 1. The number of ether oxygens (including phenoxy) is 1. The Hall–Kier alpha value is -2.86. The van der Waals surface area contributed by atoms with Crippen LogP contribution in [0.15, 0.2) is 48.5 Å². The molecular formula is C23H23FN2O2S. The average molecular weight is 411 g/mol. The molecule has 0 bridgehead atoms. The minimum Gasteiger partial charge on any atom is -0.494 e. The van der Waals surface area contributed by atoms with Crippen molar-refractivity contribution in [1.29, 1.82) is 0 Å². The van der Waals surface area contributed by atoms with Crippen LogP contribution >= 0.6 is 11.3 Å². The van der Waals surface area contributed by atoms with Gasteiger partial charge in [0.15, 0.2) is 0 Å². The molecule has 1 aliphatic rings. The zero-order valence-corrected chi connectivity index (χ0v) is 17.1. The molecule has 1 heterocycles. The quantitative estimate of drug-likeness (QED) is 0.530. The van der Waals surface area contributed by atoms with Crippen molar-refractivity contribution in [3.05, 3.63) is 75.9 Å². The molecular weight excluding hydrogens is 387 g/mol. The number of rotatable bonds is 7. The van der Waals surface area contributed by atoms with Gasteiger partial charge in [-0.1, -0.05) is 12.1 Å². The molecule has 0 atom stereocenters. The molecule has 0 radical (unpaired) electrons. The highest BCUT2D eigenvalue weighted by molar-refractivity contribution is 7.16. The molecule has 2 aromatic carbocycles. The Morgan fingerprint density at radius 3 is 2.76 bits per heavy atom. The largest absolute Gasteiger partial charge is 0.494 e. The number of hydrogen-bond donors (Lipinski definition) is 2. The number of nitrogens with one attached hydrogen (secondary N) is 2. The fraction of sp³-hybridized carbons (Fsp3) is 0.261. The second-order valence-electron chi connectivity index (χ2n) is 6.96. The number of fused-ring (bicyclic) bond motifs is 1. The van der Waals surface area contributed by atoms with Gasteiger partial charge in [-0.2, -0.15) is 0 Å². The zero-order chi connectivity index (χ0) is 20.2. The average Bonchev–Trinajstić information content (AvgIpc) is 3.29. The highest BCUT2D eigenvalue weighted by atomic mass is 32.1. The lowest BCUT2D eigenvalue weighted by atomic mass is 10.1. The van der Waals surface area contributed by atoms with Crippen molar-refractivity contribution in [2.75, 3.05) is 17.2 Å². The van der Waals surface area contributed by atoms with Crippen LogP contribution in [0.25, 0.3) is 0 Å². The number of thiophene rings is 1. The summed E-state index contributed by atoms with van der Waals surface area (Å²) < 4.78 is 18.9. The predicted molar refractivity (Wildman–Crippen MR) is 116 cm³/mol. The first-order valence-corrected chi connectivity index (χ1v) is 10.6. The lowest BCUT2D eigenvalue weighted by molar-refractivity contribution is 0.102. The van der Waals surface area contributed by atoms with Crippen LogP contribution in [0.5, 0.6) is 5.75 Å². The monoisotopic (exact) mass is 410 g/mol. The summed E-state index contributed by atoms with van der Waals surface area (Å²) in [5.41, 5.74) is 3.43. The summed E-state index contributed by atoms with van der Waals surface area (Å²) in [7, 11) is 0. The SMILES string of the molecule is CCOc1ccc(NC(=O)c2c(NCc3cccc(F)c3)sc3c2CCC3)cc1. The summed E-state index contributed by atoms with van der Waals surface area (Å²) >= 11 is 1.63. The molecule has 2 N–H and O–H groups in total. The second-order valence-corrected chi connectivity index (χ2v) is 8.06. The van der Waals surface area contributed by atoms with E-state index in [2.05, 4.69) is 10.6 Å². The van der Waals surface area contributed by atoms with Crippen molar-refractivity contribution in [2.24, 2.45) is 0 Å². The van der Waals surface area contributed by atoms with E-state index in [1.165, 1.54) is 17.0 Å². The minimum absolute atomic E-state index is 0.115. The smallest absolute Gasteiger partial charge is 0.258 e. The number of benzene rings is 2. The molecule has 3 aromatic rings. The standard InChI is InChI=1S/C23H23FN2O2S/c1-2-28-18-11-9-17(10-12-18)26-22(27)21-19-7-4-8-20(19)29-23(21)25-14-15-5-3-6-16(24)13-15/h3,5-6,9-13,25H,2,4,7-8,14H2,1H3,(H,26,27). The first kappa shape index (κ1) is 19.5. The van der Waals surface area contributed by atoms with E-state index in [9.17, 15) is 9.18 Å². The summed E-state index contributed by atoms with van der Waals surface area (Å²) in [4.78, 5) is 14.4. The normalized spacial score (nSPS) is 12.5. The van der Waals surface area contributed by atoms with Gasteiger partial charge in [0.1, 0.15) is 16.6 Å². The lowest BCUT2D eigenvalue weighted by Crippen LogP contribution is -2.15. The molecule has 1 aromatic heterocycles. The molecule has 0 saturated heterocycles. The maximum atomic E-state index is 13.5. The van der Waals surface area contributed by atoms with E-state index < -0.39 is 0 Å². The number of carbonyl (C=O) groups excluding carboxylic acids is 1. The maximum absolute atomic E-state index is 13.5. The third kappa shape index (κ3) is 4.43. The van der Waals surface area contributed by atoms with Crippen molar-refractivity contribution >= 4 is 27.9 Å². The van der Waals surface area contributed by atoms with E-state index in [-0.39, 0.29) is 11.7 Å². The summed E-state index contributed by atoms with van der Waals surface area (Å²) in [5.74, 6) is 0.404. The van der Waals surface area contributed by atoms with Crippen LogP contribution in [0, 0.1) is 5.82 Å². The van der Waals surface area contributed by atoms with Crippen LogP contribution in [0.2, 0.25) is 0 Å². The summed E-state index contributed by atoms with van der Waals surface area (Å²) in [6.45, 7) is 3.01. The van der Waals surface area contributed by atoms with Crippen LogP contribution in [0.4, 0.5) is 15.1 Å². The van der Waals surface area contributed by atoms with Crippen molar-refractivity contribution in [1.82, 2.24) is 0 Å². The third-order valence-electron chi connectivity index (χ3n) is 4.91. The lowest BCUT2D eigenvalue weighted by Gasteiger charge is -2.11. The molecule has 6 heteroatoms. The molecule has 0 spiro atoms. The van der Waals surface area contributed by atoms with Crippen LogP contribution in [-0.4, -0.2) is 12.5 Å². The number of anilines is 2. The van der Waals surface area contributed by atoms with Gasteiger partial charge in [0.25, 0.3) is 5.91 Å². The van der Waals surface area contributed by atoms with Crippen LogP contribution in [0.3, 0.4) is 0 Å². The number of halogens is 1. The van der Waals surface area contributed by atoms with Gasteiger partial charge in [-0.3, -0.25) is 4.79 Å². The molecule has 0 fully saturated rings. The Balaban J connectivity index is 1.53. The second kappa shape index (κ2) is 8.66. The van der Waals surface area contributed by atoms with E-state index in [1.807, 2.05) is 37.3 Å². The van der Waals surface area contributed by atoms with Gasteiger partial charge < -0.3 is 15.4 Å². The first-order chi connectivity index (χ1) is 14.1. The zero-order valence-electron chi connectivity index (χ0n) is 16.3. The van der Waals surface area contributed by atoms with Crippen molar-refractivity contribution in [2.45, 2.75) is 32.7 Å². The Morgan fingerprint density at radius 1 is 1.17 bits per heavy atom. The predicted octanol–water partition coefficient (Wildman–Crippen LogP) is 5.64. The van der Waals surface area contributed by atoms with Gasteiger partial charge in [0.05, 0.1) is 12.2 Å². The van der Waals surface area contributed by atoms with Crippen LogP contribution in [0.1, 0.15) is 39.7 Å². The van der Waals surface area contributed by atoms with Crippen LogP contribution in [-0.2, 0) is 19.4 Å². The number of carbonyl (C=O) groups is 1. The first-order valence-electron chi connectivity index (χ1n) is 9.81. The maximum Gasteiger partial charge on any atom is 0.258 e. The van der Waals surface area contributed by atoms with Crippen molar-refractivity contribution < 1.29 is 13.9 Å². The highest BCUT2D eigenvalue weighted by Crippen LogP contribution is 2.39. The van der Waals surface area contributed by atoms with E-state index in [1.54, 1.807) is 17.4 Å². The van der Waals surface area contributed by atoms with Crippen molar-refractivity contribution in [3.8, 4) is 5.75 Å². The van der Waals surface area contributed by atoms with Gasteiger partial charge in [0.2, 0.25) is 0 Å². The Morgan fingerprint density at radius 2 is 2.00 bits per heavy atom. The molecule has 29 heavy (non-hydrogen) atoms. The van der Waals surface area contributed by atoms with Gasteiger partial charge >= 0.3 is 0 Å². The molecule has 1 amide bonds. The van der Waals surface area contributed by atoms with Gasteiger partial charge in [-0.05, 0) is 73.7 Å². The summed E-state index contributed by atoms with van der Waals surface area (Å²) in [6, 6.07) is 13.9. The van der Waals surface area contributed by atoms with E-state index in [0.717, 1.165) is 46.8 Å². The fourth-order valence-corrected chi connectivity index (χ4v) is 4.88. The molecule has 0 saturated carbocycles. The molecule has 0 aliphatic heterocycles. The molecule has 150 valence electrons. The Labute approximate surface area is 173 Å². The minimum atomic E-state index is -0.258. The van der Waals surface area contributed by atoms with Gasteiger partial charge in [-0.25, -0.2) is 4.39 Å². The van der Waals surface area contributed by atoms with Crippen molar-refractivity contribution in [3.63, 3.8) is 0 Å². The summed E-state index contributed by atoms with van der Waals surface area (Å²) in [5, 5.41) is 7.20.